The summed E-state index contributed by atoms with van der Waals surface area (Å²) in [5, 5.41) is 5.34. The number of aromatic amines is 1. The first kappa shape index (κ1) is 20.6. The zero-order valence-corrected chi connectivity index (χ0v) is 18.8. The highest BCUT2D eigenvalue weighted by Crippen LogP contribution is 2.40. The molecule has 4 atom stereocenters. The van der Waals surface area contributed by atoms with E-state index >= 15 is 0 Å². The first-order valence-corrected chi connectivity index (χ1v) is 12.7. The van der Waals surface area contributed by atoms with Crippen LogP contribution in [0.1, 0.15) is 77.0 Å². The number of hydrogen-bond acceptors (Lipinski definition) is 4. The van der Waals surface area contributed by atoms with Crippen LogP contribution in [0.3, 0.4) is 0 Å². The quantitative estimate of drug-likeness (QED) is 0.610. The van der Waals surface area contributed by atoms with E-state index in [1.807, 2.05) is 6.20 Å². The summed E-state index contributed by atoms with van der Waals surface area (Å²) >= 11 is 6.33. The van der Waals surface area contributed by atoms with E-state index in [-0.39, 0.29) is 0 Å². The van der Waals surface area contributed by atoms with Crippen LogP contribution in [0.15, 0.2) is 12.5 Å². The summed E-state index contributed by atoms with van der Waals surface area (Å²) in [5.41, 5.74) is 0.845. The number of piperidine rings is 2. The van der Waals surface area contributed by atoms with E-state index in [0.717, 1.165) is 46.3 Å². The van der Waals surface area contributed by atoms with Crippen LogP contribution in [0.2, 0.25) is 5.02 Å². The first-order valence-electron chi connectivity index (χ1n) is 12.3. The monoisotopic (exact) mass is 429 g/mol. The molecule has 2 aromatic heterocycles. The largest absolute Gasteiger partial charge is 0.353 e. The maximum absolute atomic E-state index is 6.33. The van der Waals surface area contributed by atoms with Gasteiger partial charge in [-0.3, -0.25) is 0 Å². The highest BCUT2D eigenvalue weighted by molar-refractivity contribution is 6.36. The van der Waals surface area contributed by atoms with Crippen molar-refractivity contribution in [2.24, 2.45) is 11.8 Å². The fourth-order valence-electron chi connectivity index (χ4n) is 6.49. The number of nitrogens with zero attached hydrogens (tertiary/aromatic N) is 3. The topological polar surface area (TPSA) is 56.8 Å². The van der Waals surface area contributed by atoms with Crippen LogP contribution >= 0.6 is 11.6 Å². The van der Waals surface area contributed by atoms with Crippen molar-refractivity contribution in [2.75, 3.05) is 18.0 Å². The summed E-state index contributed by atoms with van der Waals surface area (Å²) in [6.07, 6.45) is 20.3. The molecule has 4 aliphatic rings. The fraction of sp³-hybridized carbons (Fsp3) is 0.750. The molecule has 2 saturated heterocycles. The molecular formula is C24H36ClN5. The van der Waals surface area contributed by atoms with Crippen LogP contribution in [0.5, 0.6) is 0 Å². The Balaban J connectivity index is 0.000000161. The van der Waals surface area contributed by atoms with E-state index < -0.39 is 0 Å². The molecule has 164 valence electrons. The summed E-state index contributed by atoms with van der Waals surface area (Å²) in [6.45, 7) is 2.37. The Labute approximate surface area is 185 Å². The minimum atomic E-state index is 0.640. The second kappa shape index (κ2) is 9.44. The minimum absolute atomic E-state index is 0.640. The van der Waals surface area contributed by atoms with Gasteiger partial charge in [0.25, 0.3) is 0 Å². The molecule has 4 heterocycles. The molecule has 2 aliphatic carbocycles. The molecule has 4 fully saturated rings. The zero-order valence-electron chi connectivity index (χ0n) is 18.1. The van der Waals surface area contributed by atoms with Crippen LogP contribution in [-0.4, -0.2) is 40.1 Å². The fourth-order valence-corrected chi connectivity index (χ4v) is 6.72. The van der Waals surface area contributed by atoms with E-state index in [2.05, 4.69) is 25.2 Å². The van der Waals surface area contributed by atoms with E-state index in [4.69, 9.17) is 11.6 Å². The van der Waals surface area contributed by atoms with Gasteiger partial charge in [-0.15, -0.1) is 0 Å². The van der Waals surface area contributed by atoms with Gasteiger partial charge in [-0.25, -0.2) is 9.97 Å². The molecule has 0 spiro atoms. The molecule has 0 aromatic carbocycles. The number of aromatic nitrogens is 3. The van der Waals surface area contributed by atoms with Gasteiger partial charge in [0, 0.05) is 24.8 Å². The summed E-state index contributed by atoms with van der Waals surface area (Å²) in [5.74, 6) is 2.90. The third kappa shape index (κ3) is 4.20. The maximum atomic E-state index is 6.33. The van der Waals surface area contributed by atoms with Gasteiger partial charge < -0.3 is 15.2 Å². The molecule has 30 heavy (non-hydrogen) atoms. The Morgan fingerprint density at radius 3 is 2.53 bits per heavy atom. The molecule has 0 amide bonds. The Bertz CT molecular complexity index is 808. The highest BCUT2D eigenvalue weighted by atomic mass is 35.5. The van der Waals surface area contributed by atoms with Gasteiger partial charge in [0.15, 0.2) is 0 Å². The van der Waals surface area contributed by atoms with E-state index in [1.165, 1.54) is 83.6 Å². The number of halogens is 1. The van der Waals surface area contributed by atoms with Crippen molar-refractivity contribution in [3.8, 4) is 0 Å². The van der Waals surface area contributed by atoms with Gasteiger partial charge in [-0.2, -0.15) is 0 Å². The lowest BCUT2D eigenvalue weighted by Crippen LogP contribution is -2.47. The summed E-state index contributed by atoms with van der Waals surface area (Å²) in [6, 6.07) is 1.55. The third-order valence-corrected chi connectivity index (χ3v) is 8.28. The van der Waals surface area contributed by atoms with Crippen LogP contribution in [0.25, 0.3) is 11.0 Å². The SMILES string of the molecule is C1CCC2NCCCC2C1.Clc1c[nH]c2ncnc(N3CCCC4CCCCC43)c12. The van der Waals surface area contributed by atoms with Crippen molar-refractivity contribution >= 4 is 28.5 Å². The molecule has 2 N–H and O–H groups in total. The van der Waals surface area contributed by atoms with Crippen LogP contribution in [-0.2, 0) is 0 Å². The van der Waals surface area contributed by atoms with Crippen molar-refractivity contribution < 1.29 is 0 Å². The molecule has 2 saturated carbocycles. The first-order chi connectivity index (χ1) is 14.8. The number of hydrogen-bond donors (Lipinski definition) is 2. The number of rotatable bonds is 1. The summed E-state index contributed by atoms with van der Waals surface area (Å²) < 4.78 is 0. The summed E-state index contributed by atoms with van der Waals surface area (Å²) in [7, 11) is 0. The lowest BCUT2D eigenvalue weighted by atomic mass is 9.78. The van der Waals surface area contributed by atoms with Crippen LogP contribution in [0, 0.1) is 11.8 Å². The molecule has 6 heteroatoms. The van der Waals surface area contributed by atoms with Crippen LogP contribution in [0.4, 0.5) is 5.82 Å². The molecule has 6 rings (SSSR count). The lowest BCUT2D eigenvalue weighted by Gasteiger charge is -2.44. The summed E-state index contributed by atoms with van der Waals surface area (Å²) in [4.78, 5) is 14.5. The molecule has 4 unspecified atom stereocenters. The average Bonchev–Trinajstić information content (AvgIpc) is 3.20. The molecule has 2 aromatic rings. The van der Waals surface area contributed by atoms with Gasteiger partial charge in [-0.1, -0.05) is 37.3 Å². The molecule has 2 aliphatic heterocycles. The molecular weight excluding hydrogens is 394 g/mol. The van der Waals surface area contributed by atoms with Crippen molar-refractivity contribution in [3.63, 3.8) is 0 Å². The van der Waals surface area contributed by atoms with Crippen molar-refractivity contribution in [2.45, 2.75) is 89.1 Å². The van der Waals surface area contributed by atoms with E-state index in [9.17, 15) is 0 Å². The second-order valence-corrected chi connectivity index (χ2v) is 10.2. The van der Waals surface area contributed by atoms with Gasteiger partial charge in [0.05, 0.1) is 10.4 Å². The normalized spacial score (nSPS) is 31.4. The highest BCUT2D eigenvalue weighted by Gasteiger charge is 2.35. The third-order valence-electron chi connectivity index (χ3n) is 7.98. The smallest absolute Gasteiger partial charge is 0.144 e. The molecule has 5 nitrogen and oxygen atoms in total. The maximum Gasteiger partial charge on any atom is 0.144 e. The van der Waals surface area contributed by atoms with Crippen LogP contribution < -0.4 is 10.2 Å². The van der Waals surface area contributed by atoms with Gasteiger partial charge in [0.2, 0.25) is 0 Å². The molecule has 0 bridgehead atoms. The number of fused-ring (bicyclic) bond motifs is 3. The predicted octanol–water partition coefficient (Wildman–Crippen LogP) is 5.70. The number of anilines is 1. The second-order valence-electron chi connectivity index (χ2n) is 9.75. The van der Waals surface area contributed by atoms with Crippen molar-refractivity contribution in [3.05, 3.63) is 17.5 Å². The molecule has 0 radical (unpaired) electrons. The van der Waals surface area contributed by atoms with Gasteiger partial charge in [0.1, 0.15) is 17.8 Å². The van der Waals surface area contributed by atoms with Crippen molar-refractivity contribution in [1.29, 1.82) is 0 Å². The Hall–Kier alpha value is -1.33. The standard InChI is InChI=1S/C15H19ClN4.C9H17N/c16-11-8-17-14-13(11)15(19-9-18-14)20-7-3-5-10-4-1-2-6-12(10)20;1-2-6-9-8(4-1)5-3-7-10-9/h8-10,12H,1-7H2,(H,17,18,19);8-10H,1-7H2. The predicted molar refractivity (Wildman–Crippen MR) is 124 cm³/mol. The Morgan fingerprint density at radius 2 is 1.63 bits per heavy atom. The minimum Gasteiger partial charge on any atom is -0.353 e. The Kier molecular flexibility index (Phi) is 6.47. The average molecular weight is 430 g/mol. The van der Waals surface area contributed by atoms with E-state index in [0.29, 0.717) is 6.04 Å². The number of H-pyrrole nitrogens is 1. The number of nitrogens with one attached hydrogen (secondary N) is 2. The van der Waals surface area contributed by atoms with Crippen molar-refractivity contribution in [1.82, 2.24) is 20.3 Å². The zero-order chi connectivity index (χ0) is 20.3. The van der Waals surface area contributed by atoms with Gasteiger partial charge >= 0.3 is 0 Å². The lowest BCUT2D eigenvalue weighted by molar-refractivity contribution is 0.212. The van der Waals surface area contributed by atoms with E-state index in [1.54, 1.807) is 6.33 Å². The Morgan fingerprint density at radius 1 is 0.867 bits per heavy atom. The van der Waals surface area contributed by atoms with Gasteiger partial charge in [-0.05, 0) is 69.7 Å².